The summed E-state index contributed by atoms with van der Waals surface area (Å²) in [6, 6.07) is 4.64. The van der Waals surface area contributed by atoms with E-state index in [-0.39, 0.29) is 31.0 Å². The van der Waals surface area contributed by atoms with Gasteiger partial charge in [0.15, 0.2) is 0 Å². The molecule has 0 aliphatic carbocycles. The van der Waals surface area contributed by atoms with Crippen molar-refractivity contribution in [3.05, 3.63) is 47.0 Å². The molecule has 3 aliphatic rings. The number of hydrogen-bond donors (Lipinski definition) is 4. The summed E-state index contributed by atoms with van der Waals surface area (Å²) < 4.78 is 20.7. The average molecular weight is 622 g/mol. The third-order valence-corrected chi connectivity index (χ3v) is 9.16. The van der Waals surface area contributed by atoms with Gasteiger partial charge in [-0.15, -0.1) is 0 Å². The number of nitrogens with zero attached hydrogens (tertiary/aromatic N) is 5. The first kappa shape index (κ1) is 31.8. The Hall–Kier alpha value is -2.61. The highest BCUT2D eigenvalue weighted by atomic mass is 35.5. The maximum absolute atomic E-state index is 14.9. The zero-order valence-electron chi connectivity index (χ0n) is 24.1. The van der Waals surface area contributed by atoms with Crippen molar-refractivity contribution in [3.63, 3.8) is 0 Å². The van der Waals surface area contributed by atoms with Crippen LogP contribution in [0, 0.1) is 11.7 Å². The second kappa shape index (κ2) is 14.4. The normalized spacial score (nSPS) is 23.0. The Morgan fingerprint density at radius 1 is 1.09 bits per heavy atom. The smallest absolute Gasteiger partial charge is 0.227 e. The van der Waals surface area contributed by atoms with Gasteiger partial charge < -0.3 is 35.0 Å². The molecule has 0 radical (unpaired) electrons. The molecule has 5 atom stereocenters. The van der Waals surface area contributed by atoms with Gasteiger partial charge >= 0.3 is 0 Å². The summed E-state index contributed by atoms with van der Waals surface area (Å²) in [5, 5.41) is 39.2. The maximum atomic E-state index is 14.9. The molecule has 4 N–H and O–H groups in total. The molecule has 43 heavy (non-hydrogen) atoms. The summed E-state index contributed by atoms with van der Waals surface area (Å²) in [7, 11) is 0. The molecule has 13 heteroatoms. The van der Waals surface area contributed by atoms with E-state index in [1.54, 1.807) is 29.4 Å². The van der Waals surface area contributed by atoms with Crippen molar-refractivity contribution >= 4 is 23.5 Å². The lowest BCUT2D eigenvalue weighted by Crippen LogP contribution is -2.53. The number of carbonyl (C=O) groups excluding carboxylic acids is 1. The van der Waals surface area contributed by atoms with Gasteiger partial charge in [-0.2, -0.15) is 0 Å². The topological polar surface area (TPSA) is 143 Å². The van der Waals surface area contributed by atoms with Gasteiger partial charge in [-0.3, -0.25) is 9.69 Å². The SMILES string of the molecule is O=C(Cc1ccc(OCCCC2CCN(c3ncc(Cl)cn3)CC2)cc1F)N1C[C@@H]2C[C@H]1CN2C[C@H](O)[C@H](O)[C@H](O)CO. The first-order chi connectivity index (χ1) is 20.7. The van der Waals surface area contributed by atoms with Crippen molar-refractivity contribution in [1.82, 2.24) is 19.8 Å². The van der Waals surface area contributed by atoms with Crippen LogP contribution in [-0.4, -0.2) is 122 Å². The number of aromatic nitrogens is 2. The Bertz CT molecular complexity index is 1220. The molecule has 4 heterocycles. The fourth-order valence-corrected chi connectivity index (χ4v) is 6.57. The zero-order valence-corrected chi connectivity index (χ0v) is 24.9. The van der Waals surface area contributed by atoms with Crippen LogP contribution >= 0.6 is 11.6 Å². The number of β-amino-alcohol motifs (C(OH)–C–C–N with tert-alkyl or cyclic N) is 1. The van der Waals surface area contributed by atoms with Crippen LogP contribution in [0.4, 0.5) is 10.3 Å². The molecule has 2 bridgehead atoms. The minimum Gasteiger partial charge on any atom is -0.493 e. The number of aliphatic hydroxyl groups is 4. The summed E-state index contributed by atoms with van der Waals surface area (Å²) in [5.41, 5.74) is 0.324. The maximum Gasteiger partial charge on any atom is 0.227 e. The first-order valence-corrected chi connectivity index (χ1v) is 15.4. The van der Waals surface area contributed by atoms with Crippen molar-refractivity contribution in [2.75, 3.05) is 50.8 Å². The number of carbonyl (C=O) groups is 1. The minimum atomic E-state index is -1.45. The van der Waals surface area contributed by atoms with Crippen LogP contribution in [-0.2, 0) is 11.2 Å². The standard InChI is InChI=1S/C30H41ClFN5O6/c31-21-13-33-30(34-14-21)35-7-5-19(6-8-35)2-1-9-43-24-4-3-20(25(32)12-24)10-28(41)37-16-22-11-23(37)15-36(22)17-26(39)29(42)27(40)18-38/h3-4,12-14,19,22-23,26-27,29,38-40,42H,1-2,5-11,15-18H2/t22-,23-,26-,27+,29-/m0/s1. The van der Waals surface area contributed by atoms with E-state index in [4.69, 9.17) is 21.4 Å². The summed E-state index contributed by atoms with van der Waals surface area (Å²) in [5.74, 6) is 1.15. The fraction of sp³-hybridized carbons (Fsp3) is 0.633. The molecule has 0 spiro atoms. The number of ether oxygens (including phenoxy) is 1. The van der Waals surface area contributed by atoms with E-state index in [1.165, 1.54) is 6.07 Å². The van der Waals surface area contributed by atoms with Crippen molar-refractivity contribution in [3.8, 4) is 5.75 Å². The van der Waals surface area contributed by atoms with Gasteiger partial charge in [-0.1, -0.05) is 17.7 Å². The number of piperidine rings is 1. The number of hydrogen-bond acceptors (Lipinski definition) is 10. The molecule has 1 aromatic heterocycles. The highest BCUT2D eigenvalue weighted by Gasteiger charge is 2.46. The molecule has 2 aromatic rings. The molecule has 1 amide bonds. The van der Waals surface area contributed by atoms with Gasteiger partial charge in [-0.05, 0) is 49.7 Å². The Morgan fingerprint density at radius 2 is 1.84 bits per heavy atom. The number of piperazine rings is 1. The molecule has 0 unspecified atom stereocenters. The summed E-state index contributed by atoms with van der Waals surface area (Å²) in [6.07, 6.45) is 3.87. The largest absolute Gasteiger partial charge is 0.493 e. The van der Waals surface area contributed by atoms with Crippen LogP contribution in [0.15, 0.2) is 30.6 Å². The third-order valence-electron chi connectivity index (χ3n) is 8.97. The minimum absolute atomic E-state index is 0.0211. The van der Waals surface area contributed by atoms with Crippen LogP contribution < -0.4 is 9.64 Å². The van der Waals surface area contributed by atoms with E-state index >= 15 is 0 Å². The van der Waals surface area contributed by atoms with Crippen LogP contribution in [0.5, 0.6) is 5.75 Å². The monoisotopic (exact) mass is 621 g/mol. The molecule has 236 valence electrons. The number of benzene rings is 1. The predicted octanol–water partition coefficient (Wildman–Crippen LogP) is 1.25. The first-order valence-electron chi connectivity index (χ1n) is 15.0. The van der Waals surface area contributed by atoms with Crippen LogP contribution in [0.1, 0.15) is 37.7 Å². The molecule has 11 nitrogen and oxygen atoms in total. The summed E-state index contributed by atoms with van der Waals surface area (Å²) >= 11 is 5.88. The quantitative estimate of drug-likeness (QED) is 0.241. The number of aliphatic hydroxyl groups excluding tert-OH is 4. The van der Waals surface area contributed by atoms with Crippen LogP contribution in [0.3, 0.4) is 0 Å². The number of halogens is 2. The van der Waals surface area contributed by atoms with Gasteiger partial charge in [0.05, 0.1) is 43.2 Å². The Balaban J connectivity index is 1.01. The van der Waals surface area contributed by atoms with Gasteiger partial charge in [-0.25, -0.2) is 14.4 Å². The summed E-state index contributed by atoms with van der Waals surface area (Å²) in [4.78, 5) is 27.6. The molecule has 5 rings (SSSR count). The molecule has 3 fully saturated rings. The van der Waals surface area contributed by atoms with Crippen molar-refractivity contribution in [2.45, 2.75) is 68.9 Å². The average Bonchev–Trinajstić information content (AvgIpc) is 3.61. The Morgan fingerprint density at radius 3 is 2.49 bits per heavy atom. The summed E-state index contributed by atoms with van der Waals surface area (Å²) in [6.45, 7) is 2.79. The predicted molar refractivity (Wildman–Crippen MR) is 157 cm³/mol. The Labute approximate surface area is 255 Å². The highest BCUT2D eigenvalue weighted by molar-refractivity contribution is 6.30. The van der Waals surface area contributed by atoms with E-state index < -0.39 is 30.7 Å². The molecular weight excluding hydrogens is 581 g/mol. The van der Waals surface area contributed by atoms with E-state index in [0.29, 0.717) is 47.9 Å². The molecule has 1 aromatic carbocycles. The number of anilines is 1. The van der Waals surface area contributed by atoms with Gasteiger partial charge in [0.25, 0.3) is 0 Å². The fourth-order valence-electron chi connectivity index (χ4n) is 6.47. The second-order valence-corrected chi connectivity index (χ2v) is 12.3. The molecule has 3 aliphatic heterocycles. The second-order valence-electron chi connectivity index (χ2n) is 11.9. The van der Waals surface area contributed by atoms with E-state index in [9.17, 15) is 24.5 Å². The number of amides is 1. The number of fused-ring (bicyclic) bond motifs is 2. The van der Waals surface area contributed by atoms with E-state index in [2.05, 4.69) is 14.9 Å². The van der Waals surface area contributed by atoms with E-state index in [1.807, 2.05) is 4.90 Å². The van der Waals surface area contributed by atoms with E-state index in [0.717, 1.165) is 45.2 Å². The van der Waals surface area contributed by atoms with Crippen molar-refractivity contribution < 1.29 is 34.3 Å². The third kappa shape index (κ3) is 7.92. The number of likely N-dealkylation sites (tertiary alicyclic amines) is 2. The molecule has 3 saturated heterocycles. The van der Waals surface area contributed by atoms with Crippen molar-refractivity contribution in [2.24, 2.45) is 5.92 Å². The molecule has 0 saturated carbocycles. The lowest BCUT2D eigenvalue weighted by Gasteiger charge is -2.36. The van der Waals surface area contributed by atoms with Crippen LogP contribution in [0.2, 0.25) is 5.02 Å². The lowest BCUT2D eigenvalue weighted by molar-refractivity contribution is -0.133. The van der Waals surface area contributed by atoms with Gasteiger partial charge in [0.1, 0.15) is 23.8 Å². The highest BCUT2D eigenvalue weighted by Crippen LogP contribution is 2.32. The van der Waals surface area contributed by atoms with Crippen molar-refractivity contribution in [1.29, 1.82) is 0 Å². The molecular formula is C30H41ClFN5O6. The number of rotatable bonds is 13. The van der Waals surface area contributed by atoms with Gasteiger partial charge in [0.2, 0.25) is 11.9 Å². The van der Waals surface area contributed by atoms with Gasteiger partial charge in [0, 0.05) is 50.9 Å². The lowest BCUT2D eigenvalue weighted by atomic mass is 9.92. The zero-order chi connectivity index (χ0) is 30.5. The Kier molecular flexibility index (Phi) is 10.7. The van der Waals surface area contributed by atoms with Crippen LogP contribution in [0.25, 0.3) is 0 Å².